The maximum atomic E-state index is 5.11. The summed E-state index contributed by atoms with van der Waals surface area (Å²) in [5, 5.41) is 10.2. The van der Waals surface area contributed by atoms with Crippen molar-refractivity contribution in [1.82, 2.24) is 25.4 Å². The second-order valence-electron chi connectivity index (χ2n) is 3.20. The van der Waals surface area contributed by atoms with Crippen LogP contribution in [0.15, 0.2) is 48.9 Å². The largest absolute Gasteiger partial charge is 0.369 e. The molecule has 0 aliphatic carbocycles. The molecule has 0 aliphatic rings. The van der Waals surface area contributed by atoms with Crippen LogP contribution in [0.1, 0.15) is 0 Å². The minimum Gasteiger partial charge on any atom is -0.369 e. The first-order valence-electron chi connectivity index (χ1n) is 5.03. The molecule has 0 radical (unpaired) electrons. The fraction of sp³-hybridized carbons (Fsp3) is 0. The van der Waals surface area contributed by atoms with Gasteiger partial charge in [0.2, 0.25) is 0 Å². The van der Waals surface area contributed by atoms with Gasteiger partial charge in [0, 0.05) is 24.2 Å². The van der Waals surface area contributed by atoms with E-state index in [1.54, 1.807) is 18.6 Å². The Labute approximate surface area is 97.9 Å². The molecule has 1 aromatic carbocycles. The van der Waals surface area contributed by atoms with E-state index in [-0.39, 0.29) is 0 Å². The lowest BCUT2D eigenvalue weighted by Gasteiger charge is -1.90. The number of nitrogens with zero attached hydrogens (tertiary/aromatic N) is 3. The van der Waals surface area contributed by atoms with E-state index < -0.39 is 0 Å². The smallest absolute Gasteiger partial charge is 0.197 e. The molecule has 0 fully saturated rings. The normalized spacial score (nSPS) is 9.41. The number of anilines is 1. The number of hydrogen-bond acceptors (Lipinski definition) is 4. The lowest BCUT2D eigenvalue weighted by molar-refractivity contribution is 0.942. The van der Waals surface area contributed by atoms with Crippen molar-refractivity contribution in [3.63, 3.8) is 0 Å². The van der Waals surface area contributed by atoms with E-state index in [1.165, 1.54) is 0 Å². The quantitative estimate of drug-likeness (QED) is 0.587. The van der Waals surface area contributed by atoms with Crippen molar-refractivity contribution in [3.8, 4) is 11.3 Å². The Balaban J connectivity index is 0.000000153. The molecule has 0 spiro atoms. The van der Waals surface area contributed by atoms with E-state index >= 15 is 0 Å². The van der Waals surface area contributed by atoms with Crippen LogP contribution in [0.25, 0.3) is 11.3 Å². The minimum absolute atomic E-state index is 0.468. The molecule has 86 valence electrons. The zero-order chi connectivity index (χ0) is 11.9. The van der Waals surface area contributed by atoms with Gasteiger partial charge in [-0.3, -0.25) is 5.10 Å². The second-order valence-corrected chi connectivity index (χ2v) is 3.20. The summed E-state index contributed by atoms with van der Waals surface area (Å²) >= 11 is 0. The molecule has 4 N–H and O–H groups in total. The van der Waals surface area contributed by atoms with Gasteiger partial charge < -0.3 is 10.7 Å². The number of aromatic amines is 2. The number of benzene rings is 1. The monoisotopic (exact) mass is 228 g/mol. The van der Waals surface area contributed by atoms with Gasteiger partial charge in [-0.15, -0.1) is 5.10 Å². The van der Waals surface area contributed by atoms with Crippen LogP contribution in [-0.2, 0) is 0 Å². The van der Waals surface area contributed by atoms with Crippen LogP contribution in [0.2, 0.25) is 0 Å². The van der Waals surface area contributed by atoms with Crippen LogP contribution in [0, 0.1) is 0 Å². The highest BCUT2D eigenvalue weighted by Gasteiger charge is 1.96. The number of aromatic nitrogens is 5. The molecule has 0 aliphatic heterocycles. The molecule has 0 bridgehead atoms. The van der Waals surface area contributed by atoms with Crippen LogP contribution in [0.3, 0.4) is 0 Å². The topological polar surface area (TPSA) is 96.3 Å². The molecule has 0 atom stereocenters. The molecule has 3 aromatic rings. The summed E-state index contributed by atoms with van der Waals surface area (Å²) in [6.07, 6.45) is 5.06. The van der Waals surface area contributed by atoms with Crippen molar-refractivity contribution < 1.29 is 0 Å². The molecule has 2 heterocycles. The first kappa shape index (κ1) is 10.9. The van der Waals surface area contributed by atoms with Crippen LogP contribution in [0.4, 0.5) is 5.95 Å². The summed E-state index contributed by atoms with van der Waals surface area (Å²) in [4.78, 5) is 6.31. The number of nitrogens with one attached hydrogen (secondary N) is 2. The third-order valence-electron chi connectivity index (χ3n) is 2.01. The second kappa shape index (κ2) is 5.45. The van der Waals surface area contributed by atoms with Crippen molar-refractivity contribution in [1.29, 1.82) is 0 Å². The van der Waals surface area contributed by atoms with Gasteiger partial charge in [0.05, 0.1) is 0 Å². The van der Waals surface area contributed by atoms with Gasteiger partial charge in [-0.2, -0.15) is 0 Å². The fourth-order valence-corrected chi connectivity index (χ4v) is 1.23. The van der Waals surface area contributed by atoms with E-state index in [1.807, 2.05) is 30.3 Å². The Morgan fingerprint density at radius 2 is 1.94 bits per heavy atom. The molecule has 6 heteroatoms. The zero-order valence-corrected chi connectivity index (χ0v) is 9.04. The number of H-pyrrole nitrogens is 2. The van der Waals surface area contributed by atoms with E-state index in [4.69, 9.17) is 5.73 Å². The van der Waals surface area contributed by atoms with Gasteiger partial charge >= 0.3 is 0 Å². The van der Waals surface area contributed by atoms with E-state index in [0.29, 0.717) is 5.95 Å². The van der Waals surface area contributed by atoms with Gasteiger partial charge in [-0.05, 0) is 0 Å². The highest BCUT2D eigenvalue weighted by molar-refractivity contribution is 5.56. The molecular formula is C11H12N6. The van der Waals surface area contributed by atoms with E-state index in [2.05, 4.69) is 25.4 Å². The number of nitrogen functional groups attached to an aromatic ring is 1. The molecular weight excluding hydrogens is 216 g/mol. The third-order valence-corrected chi connectivity index (χ3v) is 2.01. The van der Waals surface area contributed by atoms with Crippen LogP contribution < -0.4 is 5.73 Å². The van der Waals surface area contributed by atoms with Crippen molar-refractivity contribution in [3.05, 3.63) is 48.9 Å². The predicted molar refractivity (Wildman–Crippen MR) is 64.8 cm³/mol. The summed E-state index contributed by atoms with van der Waals surface area (Å²) in [5.41, 5.74) is 7.08. The van der Waals surface area contributed by atoms with Crippen LogP contribution in [-0.4, -0.2) is 25.4 Å². The van der Waals surface area contributed by atoms with Crippen molar-refractivity contribution in [2.24, 2.45) is 0 Å². The number of imidazole rings is 1. The molecule has 0 saturated heterocycles. The SMILES string of the molecule is Nc1ncc[nH]1.c1ccc(-c2c[nH]nn2)cc1. The number of nitrogens with two attached hydrogens (primary N) is 1. The molecule has 0 unspecified atom stereocenters. The third kappa shape index (κ3) is 3.16. The van der Waals surface area contributed by atoms with Crippen molar-refractivity contribution in [2.75, 3.05) is 5.73 Å². The maximum absolute atomic E-state index is 5.11. The highest BCUT2D eigenvalue weighted by Crippen LogP contribution is 2.12. The average molecular weight is 228 g/mol. The molecule has 17 heavy (non-hydrogen) atoms. The Morgan fingerprint density at radius 1 is 1.12 bits per heavy atom. The Bertz CT molecular complexity index is 514. The summed E-state index contributed by atoms with van der Waals surface area (Å²) in [5.74, 6) is 0.468. The Hall–Kier alpha value is -2.63. The fourth-order valence-electron chi connectivity index (χ4n) is 1.23. The average Bonchev–Trinajstić information content (AvgIpc) is 3.03. The first-order valence-corrected chi connectivity index (χ1v) is 5.03. The molecule has 2 aromatic heterocycles. The summed E-state index contributed by atoms with van der Waals surface area (Å²) in [7, 11) is 0. The van der Waals surface area contributed by atoms with E-state index in [0.717, 1.165) is 11.3 Å². The van der Waals surface area contributed by atoms with Crippen LogP contribution in [0.5, 0.6) is 0 Å². The summed E-state index contributed by atoms with van der Waals surface area (Å²) < 4.78 is 0. The van der Waals surface area contributed by atoms with Crippen LogP contribution >= 0.6 is 0 Å². The first-order chi connectivity index (χ1) is 8.36. The molecule has 3 rings (SSSR count). The molecule has 0 amide bonds. The molecule has 6 nitrogen and oxygen atoms in total. The van der Waals surface area contributed by atoms with Gasteiger partial charge in [0.15, 0.2) is 5.95 Å². The van der Waals surface area contributed by atoms with Gasteiger partial charge in [-0.1, -0.05) is 35.5 Å². The van der Waals surface area contributed by atoms with Gasteiger partial charge in [0.1, 0.15) is 5.69 Å². The minimum atomic E-state index is 0.468. The lowest BCUT2D eigenvalue weighted by Crippen LogP contribution is -1.83. The van der Waals surface area contributed by atoms with Crippen molar-refractivity contribution >= 4 is 5.95 Å². The summed E-state index contributed by atoms with van der Waals surface area (Å²) in [6, 6.07) is 9.92. The standard InChI is InChI=1S/C8H7N3.C3H5N3/c1-2-4-7(5-3-1)8-6-9-11-10-8;4-3-5-1-2-6-3/h1-6H,(H,9,10,11);1-2H,(H3,4,5,6). The molecule has 0 saturated carbocycles. The number of hydrogen-bond donors (Lipinski definition) is 3. The maximum Gasteiger partial charge on any atom is 0.197 e. The summed E-state index contributed by atoms with van der Waals surface area (Å²) in [6.45, 7) is 0. The van der Waals surface area contributed by atoms with E-state index in [9.17, 15) is 0 Å². The predicted octanol–water partition coefficient (Wildman–Crippen LogP) is 1.46. The van der Waals surface area contributed by atoms with Gasteiger partial charge in [-0.25, -0.2) is 4.98 Å². The van der Waals surface area contributed by atoms with Crippen molar-refractivity contribution in [2.45, 2.75) is 0 Å². The van der Waals surface area contributed by atoms with Gasteiger partial charge in [0.25, 0.3) is 0 Å². The highest BCUT2D eigenvalue weighted by atomic mass is 15.3. The Morgan fingerprint density at radius 3 is 2.41 bits per heavy atom. The number of rotatable bonds is 1. The zero-order valence-electron chi connectivity index (χ0n) is 9.04. The Kier molecular flexibility index (Phi) is 3.49. The lowest BCUT2D eigenvalue weighted by atomic mass is 10.2.